The van der Waals surface area contributed by atoms with Crippen molar-refractivity contribution < 1.29 is 0 Å². The van der Waals surface area contributed by atoms with Gasteiger partial charge in [0.1, 0.15) is 0 Å². The minimum Gasteiger partial charge on any atom is -0.265 e. The second-order valence-electron chi connectivity index (χ2n) is 4.12. The largest absolute Gasteiger partial charge is 0.265 e. The van der Waals surface area contributed by atoms with E-state index in [0.29, 0.717) is 0 Å². The first-order chi connectivity index (χ1) is 8.43. The Balaban J connectivity index is 2.10. The molecule has 0 N–H and O–H groups in total. The smallest absolute Gasteiger partial charge is 0.0273 e. The topological polar surface area (TPSA) is 12.9 Å². The number of nitrogens with zero attached hydrogens (tertiary/aromatic N) is 1. The number of hydrogen-bond acceptors (Lipinski definition) is 1. The molecular formula is C16H13N. The zero-order chi connectivity index (χ0) is 11.5. The van der Waals surface area contributed by atoms with E-state index >= 15 is 0 Å². The van der Waals surface area contributed by atoms with Gasteiger partial charge >= 0.3 is 0 Å². The van der Waals surface area contributed by atoms with Crippen molar-refractivity contribution in [2.45, 2.75) is 6.42 Å². The predicted octanol–water partition coefficient (Wildman–Crippen LogP) is 4.18. The number of pyridine rings is 1. The molecule has 1 heterocycles. The molecule has 1 nitrogen and oxygen atoms in total. The minimum atomic E-state index is 1.01. The first-order valence-electron chi connectivity index (χ1n) is 5.81. The van der Waals surface area contributed by atoms with Gasteiger partial charge in [0.25, 0.3) is 0 Å². The summed E-state index contributed by atoms with van der Waals surface area (Å²) in [6.07, 6.45) is 13.4. The van der Waals surface area contributed by atoms with Crippen LogP contribution in [0.4, 0.5) is 0 Å². The van der Waals surface area contributed by atoms with Crippen molar-refractivity contribution in [2.75, 3.05) is 0 Å². The molecule has 1 heteroatoms. The lowest BCUT2D eigenvalue weighted by molar-refractivity contribution is 1.33. The first kappa shape index (κ1) is 10.0. The van der Waals surface area contributed by atoms with Crippen LogP contribution in [0.1, 0.15) is 17.5 Å². The summed E-state index contributed by atoms with van der Waals surface area (Å²) in [7, 11) is 0. The van der Waals surface area contributed by atoms with Crippen molar-refractivity contribution in [1.29, 1.82) is 0 Å². The summed E-state index contributed by atoms with van der Waals surface area (Å²) in [6, 6.07) is 10.7. The molecule has 3 rings (SSSR count). The van der Waals surface area contributed by atoms with Crippen LogP contribution in [0.3, 0.4) is 0 Å². The summed E-state index contributed by atoms with van der Waals surface area (Å²) in [5.74, 6) is 0. The van der Waals surface area contributed by atoms with Crippen LogP contribution in [0.2, 0.25) is 0 Å². The number of allylic oxidation sites excluding steroid dienone is 2. The first-order valence-corrected chi connectivity index (χ1v) is 5.81. The third-order valence-corrected chi connectivity index (χ3v) is 2.97. The van der Waals surface area contributed by atoms with Gasteiger partial charge in [-0.2, -0.15) is 0 Å². The van der Waals surface area contributed by atoms with Gasteiger partial charge in [-0.25, -0.2) is 0 Å². The average Bonchev–Trinajstić information content (AvgIpc) is 2.64. The van der Waals surface area contributed by atoms with E-state index in [2.05, 4.69) is 47.5 Å². The Labute approximate surface area is 101 Å². The van der Waals surface area contributed by atoms with Gasteiger partial charge in [-0.15, -0.1) is 0 Å². The highest BCUT2D eigenvalue weighted by Gasteiger charge is 2.02. The van der Waals surface area contributed by atoms with E-state index in [4.69, 9.17) is 0 Å². The monoisotopic (exact) mass is 219 g/mol. The Bertz CT molecular complexity index is 580. The molecule has 0 fully saturated rings. The fraction of sp³-hybridized carbons (Fsp3) is 0.0625. The summed E-state index contributed by atoms with van der Waals surface area (Å²) < 4.78 is 0. The highest BCUT2D eigenvalue weighted by atomic mass is 14.6. The maximum Gasteiger partial charge on any atom is 0.0273 e. The van der Waals surface area contributed by atoms with E-state index < -0.39 is 0 Å². The molecule has 0 atom stereocenters. The van der Waals surface area contributed by atoms with Crippen molar-refractivity contribution in [3.05, 3.63) is 66.0 Å². The quantitative estimate of drug-likeness (QED) is 0.701. The Kier molecular flexibility index (Phi) is 2.59. The second kappa shape index (κ2) is 4.38. The molecule has 1 aromatic heterocycles. The Hall–Kier alpha value is -2.15. The van der Waals surface area contributed by atoms with Gasteiger partial charge in [0.2, 0.25) is 0 Å². The van der Waals surface area contributed by atoms with Crippen LogP contribution in [0.15, 0.2) is 54.9 Å². The standard InChI is InChI=1S/C16H13N/c1-2-4-13-6-7-16(12-15(13)5-3-1)14-8-10-17-11-9-14/h2-12H,1H2. The molecule has 0 aliphatic heterocycles. The van der Waals surface area contributed by atoms with E-state index in [1.807, 2.05) is 24.5 Å². The summed E-state index contributed by atoms with van der Waals surface area (Å²) in [4.78, 5) is 4.05. The molecule has 82 valence electrons. The van der Waals surface area contributed by atoms with E-state index in [1.165, 1.54) is 22.3 Å². The number of benzene rings is 1. The lowest BCUT2D eigenvalue weighted by Crippen LogP contribution is -1.84. The molecule has 0 saturated heterocycles. The lowest BCUT2D eigenvalue weighted by Gasteiger charge is -2.05. The van der Waals surface area contributed by atoms with Gasteiger partial charge in [0, 0.05) is 12.4 Å². The van der Waals surface area contributed by atoms with Gasteiger partial charge < -0.3 is 0 Å². The Morgan fingerprint density at radius 1 is 0.765 bits per heavy atom. The maximum absolute atomic E-state index is 4.05. The van der Waals surface area contributed by atoms with Crippen LogP contribution in [0.25, 0.3) is 23.3 Å². The fourth-order valence-corrected chi connectivity index (χ4v) is 2.06. The van der Waals surface area contributed by atoms with Crippen molar-refractivity contribution in [1.82, 2.24) is 4.98 Å². The Morgan fingerprint density at radius 3 is 2.35 bits per heavy atom. The minimum absolute atomic E-state index is 1.01. The van der Waals surface area contributed by atoms with Crippen molar-refractivity contribution >= 4 is 12.2 Å². The van der Waals surface area contributed by atoms with E-state index in [0.717, 1.165) is 6.42 Å². The predicted molar refractivity (Wildman–Crippen MR) is 72.4 cm³/mol. The number of rotatable bonds is 1. The molecule has 0 amide bonds. The lowest BCUT2D eigenvalue weighted by atomic mass is 10.00. The third-order valence-electron chi connectivity index (χ3n) is 2.97. The van der Waals surface area contributed by atoms with Crippen LogP contribution in [0.5, 0.6) is 0 Å². The number of hydrogen-bond donors (Lipinski definition) is 0. The molecule has 0 spiro atoms. The Morgan fingerprint density at radius 2 is 1.53 bits per heavy atom. The highest BCUT2D eigenvalue weighted by molar-refractivity contribution is 5.74. The van der Waals surface area contributed by atoms with Crippen LogP contribution in [0, 0.1) is 0 Å². The highest BCUT2D eigenvalue weighted by Crippen LogP contribution is 2.25. The van der Waals surface area contributed by atoms with E-state index in [1.54, 1.807) is 0 Å². The van der Waals surface area contributed by atoms with Gasteiger partial charge in [-0.05, 0) is 46.9 Å². The van der Waals surface area contributed by atoms with Crippen molar-refractivity contribution in [3.63, 3.8) is 0 Å². The van der Waals surface area contributed by atoms with Gasteiger partial charge in [-0.1, -0.05) is 36.4 Å². The second-order valence-corrected chi connectivity index (χ2v) is 4.12. The molecule has 1 aliphatic rings. The molecule has 0 radical (unpaired) electrons. The maximum atomic E-state index is 4.05. The van der Waals surface area contributed by atoms with Gasteiger partial charge in [0.15, 0.2) is 0 Å². The average molecular weight is 219 g/mol. The van der Waals surface area contributed by atoms with Crippen molar-refractivity contribution in [2.24, 2.45) is 0 Å². The van der Waals surface area contributed by atoms with Gasteiger partial charge in [-0.3, -0.25) is 4.98 Å². The van der Waals surface area contributed by atoms with E-state index in [-0.39, 0.29) is 0 Å². The fourth-order valence-electron chi connectivity index (χ4n) is 2.06. The number of aromatic nitrogens is 1. The zero-order valence-electron chi connectivity index (χ0n) is 9.51. The molecule has 0 unspecified atom stereocenters. The molecule has 17 heavy (non-hydrogen) atoms. The van der Waals surface area contributed by atoms with Crippen LogP contribution >= 0.6 is 0 Å². The molecular weight excluding hydrogens is 206 g/mol. The van der Waals surface area contributed by atoms with Gasteiger partial charge in [0.05, 0.1) is 0 Å². The SMILES string of the molecule is C1=Cc2ccc(-c3ccncc3)cc2C=CC1. The van der Waals surface area contributed by atoms with Crippen molar-refractivity contribution in [3.8, 4) is 11.1 Å². The summed E-state index contributed by atoms with van der Waals surface area (Å²) in [5.41, 5.74) is 5.03. The van der Waals surface area contributed by atoms with Crippen LogP contribution < -0.4 is 0 Å². The number of fused-ring (bicyclic) bond motifs is 1. The molecule has 2 aromatic rings. The zero-order valence-corrected chi connectivity index (χ0v) is 9.51. The summed E-state index contributed by atoms with van der Waals surface area (Å²) >= 11 is 0. The molecule has 1 aliphatic carbocycles. The normalized spacial score (nSPS) is 13.2. The summed E-state index contributed by atoms with van der Waals surface area (Å²) in [5, 5.41) is 0. The molecule has 1 aromatic carbocycles. The molecule has 0 saturated carbocycles. The molecule has 0 bridgehead atoms. The van der Waals surface area contributed by atoms with Crippen LogP contribution in [-0.2, 0) is 0 Å². The van der Waals surface area contributed by atoms with E-state index in [9.17, 15) is 0 Å². The summed E-state index contributed by atoms with van der Waals surface area (Å²) in [6.45, 7) is 0. The third kappa shape index (κ3) is 2.04. The van der Waals surface area contributed by atoms with Crippen LogP contribution in [-0.4, -0.2) is 4.98 Å².